The van der Waals surface area contributed by atoms with Crippen molar-refractivity contribution < 1.29 is 14.3 Å². The van der Waals surface area contributed by atoms with Crippen LogP contribution in [0.15, 0.2) is 24.3 Å². The van der Waals surface area contributed by atoms with Crippen molar-refractivity contribution in [2.24, 2.45) is 5.41 Å². The van der Waals surface area contributed by atoms with Crippen molar-refractivity contribution in [3.8, 4) is 5.75 Å². The van der Waals surface area contributed by atoms with Crippen molar-refractivity contribution in [1.82, 2.24) is 10.3 Å². The summed E-state index contributed by atoms with van der Waals surface area (Å²) >= 11 is 0. The molecule has 29 heavy (non-hydrogen) atoms. The fourth-order valence-corrected chi connectivity index (χ4v) is 3.74. The van der Waals surface area contributed by atoms with E-state index < -0.39 is 0 Å². The zero-order valence-corrected chi connectivity index (χ0v) is 18.0. The maximum atomic E-state index is 12.1. The number of benzene rings is 1. The summed E-state index contributed by atoms with van der Waals surface area (Å²) in [5, 5.41) is 3.96. The molecule has 1 aliphatic rings. The van der Waals surface area contributed by atoms with E-state index in [1.807, 2.05) is 31.2 Å². The summed E-state index contributed by atoms with van der Waals surface area (Å²) in [4.78, 5) is 16.6. The minimum Gasteiger partial charge on any atom is -0.490 e. The molecule has 1 fully saturated rings. The molecule has 0 unspecified atom stereocenters. The molecular weight excluding hydrogens is 366 g/mol. The summed E-state index contributed by atoms with van der Waals surface area (Å²) in [5.74, 6) is 0.748. The van der Waals surface area contributed by atoms with E-state index in [0.29, 0.717) is 12.3 Å². The Morgan fingerprint density at radius 2 is 1.97 bits per heavy atom. The van der Waals surface area contributed by atoms with Crippen LogP contribution in [0.2, 0.25) is 0 Å². The number of carbonyl (C=O) groups excluding carboxylic acids is 1. The van der Waals surface area contributed by atoms with Crippen molar-refractivity contribution >= 4 is 22.5 Å². The second-order valence-electron chi connectivity index (χ2n) is 9.22. The molecule has 2 aromatic rings. The van der Waals surface area contributed by atoms with Gasteiger partial charge in [0.1, 0.15) is 12.4 Å². The molecule has 6 nitrogen and oxygen atoms in total. The smallest absolute Gasteiger partial charge is 0.246 e. The highest BCUT2D eigenvalue weighted by Crippen LogP contribution is 2.33. The first-order valence-corrected chi connectivity index (χ1v) is 10.4. The molecule has 6 heteroatoms. The lowest BCUT2D eigenvalue weighted by Gasteiger charge is -2.30. The van der Waals surface area contributed by atoms with Crippen LogP contribution in [-0.2, 0) is 9.53 Å². The molecule has 0 spiro atoms. The van der Waals surface area contributed by atoms with Crippen LogP contribution in [0.3, 0.4) is 0 Å². The Morgan fingerprint density at radius 1 is 1.24 bits per heavy atom. The largest absolute Gasteiger partial charge is 0.490 e. The number of nitrogens with one attached hydrogen (secondary N) is 1. The summed E-state index contributed by atoms with van der Waals surface area (Å²) in [6.07, 6.45) is 3.69. The molecule has 1 aromatic carbocycles. The van der Waals surface area contributed by atoms with Crippen LogP contribution in [0.4, 0.5) is 5.69 Å². The molecule has 3 N–H and O–H groups in total. The lowest BCUT2D eigenvalue weighted by molar-refractivity contribution is -0.127. The average Bonchev–Trinajstić information content (AvgIpc) is 2.62. The normalized spacial score (nSPS) is 19.9. The van der Waals surface area contributed by atoms with Gasteiger partial charge in [0.05, 0.1) is 23.6 Å². The van der Waals surface area contributed by atoms with Gasteiger partial charge in [-0.05, 0) is 56.2 Å². The SMILES string of the molecule is Cc1cc(N)c2c(OC3CCC(NC(=O)COCC(C)(C)C)CC3)cccc2n1. The molecule has 0 aliphatic heterocycles. The number of carbonyl (C=O) groups is 1. The van der Waals surface area contributed by atoms with Crippen LogP contribution >= 0.6 is 0 Å². The molecule has 158 valence electrons. The number of nitrogens with zero attached hydrogens (tertiary/aromatic N) is 1. The molecule has 1 saturated carbocycles. The number of aryl methyl sites for hydroxylation is 1. The Balaban J connectivity index is 1.51. The number of rotatable bonds is 6. The van der Waals surface area contributed by atoms with Crippen molar-refractivity contribution in [2.45, 2.75) is 65.5 Å². The summed E-state index contributed by atoms with van der Waals surface area (Å²) < 4.78 is 11.8. The molecule has 0 radical (unpaired) electrons. The molecular formula is C23H33N3O3. The lowest BCUT2D eigenvalue weighted by atomic mass is 9.93. The van der Waals surface area contributed by atoms with Gasteiger partial charge in [0.15, 0.2) is 0 Å². The number of nitrogens with two attached hydrogens (primary N) is 1. The monoisotopic (exact) mass is 399 g/mol. The van der Waals surface area contributed by atoms with E-state index in [9.17, 15) is 4.79 Å². The predicted octanol–water partition coefficient (Wildman–Crippen LogP) is 3.99. The van der Waals surface area contributed by atoms with Gasteiger partial charge in [0, 0.05) is 17.4 Å². The topological polar surface area (TPSA) is 86.5 Å². The first-order valence-electron chi connectivity index (χ1n) is 10.4. The fraction of sp³-hybridized carbons (Fsp3) is 0.565. The Morgan fingerprint density at radius 3 is 2.66 bits per heavy atom. The highest BCUT2D eigenvalue weighted by Gasteiger charge is 2.24. The molecule has 0 saturated heterocycles. The van der Waals surface area contributed by atoms with E-state index in [1.165, 1.54) is 0 Å². The molecule has 0 bridgehead atoms. The summed E-state index contributed by atoms with van der Waals surface area (Å²) in [5.41, 5.74) is 8.74. The Bertz CT molecular complexity index is 852. The predicted molar refractivity (Wildman–Crippen MR) is 116 cm³/mol. The van der Waals surface area contributed by atoms with Gasteiger partial charge < -0.3 is 20.5 Å². The summed E-state index contributed by atoms with van der Waals surface area (Å²) in [6, 6.07) is 7.93. The average molecular weight is 400 g/mol. The van der Waals surface area contributed by atoms with Crippen LogP contribution in [0.25, 0.3) is 10.9 Å². The van der Waals surface area contributed by atoms with E-state index in [-0.39, 0.29) is 30.1 Å². The first kappa shape index (κ1) is 21.4. The van der Waals surface area contributed by atoms with Crippen LogP contribution in [0, 0.1) is 12.3 Å². The number of amides is 1. The van der Waals surface area contributed by atoms with E-state index in [1.54, 1.807) is 0 Å². The Hall–Kier alpha value is -2.34. The minimum atomic E-state index is -0.0399. The van der Waals surface area contributed by atoms with Crippen molar-refractivity contribution in [3.63, 3.8) is 0 Å². The van der Waals surface area contributed by atoms with Crippen LogP contribution in [-0.4, -0.2) is 36.3 Å². The molecule has 1 aromatic heterocycles. The van der Waals surface area contributed by atoms with Crippen LogP contribution < -0.4 is 15.8 Å². The number of aromatic nitrogens is 1. The zero-order valence-electron chi connectivity index (χ0n) is 18.0. The van der Waals surface area contributed by atoms with E-state index in [0.717, 1.165) is 48.0 Å². The van der Waals surface area contributed by atoms with Crippen molar-refractivity contribution in [2.75, 3.05) is 18.9 Å². The van der Waals surface area contributed by atoms with Crippen LogP contribution in [0.5, 0.6) is 5.75 Å². The van der Waals surface area contributed by atoms with E-state index >= 15 is 0 Å². The summed E-state index contributed by atoms with van der Waals surface area (Å²) in [6.45, 7) is 8.90. The third-order valence-electron chi connectivity index (χ3n) is 5.06. The van der Waals surface area contributed by atoms with Gasteiger partial charge in [-0.1, -0.05) is 26.8 Å². The maximum Gasteiger partial charge on any atom is 0.246 e. The summed E-state index contributed by atoms with van der Waals surface area (Å²) in [7, 11) is 0. The van der Waals surface area contributed by atoms with Gasteiger partial charge in [-0.2, -0.15) is 0 Å². The molecule has 3 rings (SSSR count). The van der Waals surface area contributed by atoms with Crippen molar-refractivity contribution in [1.29, 1.82) is 0 Å². The number of hydrogen-bond acceptors (Lipinski definition) is 5. The number of fused-ring (bicyclic) bond motifs is 1. The molecule has 1 aliphatic carbocycles. The molecule has 1 amide bonds. The fourth-order valence-electron chi connectivity index (χ4n) is 3.74. The van der Waals surface area contributed by atoms with Gasteiger partial charge in [-0.25, -0.2) is 0 Å². The third-order valence-corrected chi connectivity index (χ3v) is 5.06. The number of pyridine rings is 1. The lowest BCUT2D eigenvalue weighted by Crippen LogP contribution is -2.41. The standard InChI is InChI=1S/C23H33N3O3/c1-15-12-18(24)22-19(25-15)6-5-7-20(22)29-17-10-8-16(9-11-17)26-21(27)13-28-14-23(2,3)4/h5-7,12,16-17H,8-11,13-14H2,1-4H3,(H2,24,25)(H,26,27). The van der Waals surface area contributed by atoms with Gasteiger partial charge in [-0.15, -0.1) is 0 Å². The van der Waals surface area contributed by atoms with Gasteiger partial charge >= 0.3 is 0 Å². The third kappa shape index (κ3) is 6.07. The van der Waals surface area contributed by atoms with Crippen molar-refractivity contribution in [3.05, 3.63) is 30.0 Å². The number of ether oxygens (including phenoxy) is 2. The molecule has 0 atom stereocenters. The Kier molecular flexibility index (Phi) is 6.63. The highest BCUT2D eigenvalue weighted by atomic mass is 16.5. The van der Waals surface area contributed by atoms with E-state index in [2.05, 4.69) is 31.1 Å². The second-order valence-corrected chi connectivity index (χ2v) is 9.22. The van der Waals surface area contributed by atoms with Gasteiger partial charge in [-0.3, -0.25) is 9.78 Å². The Labute approximate surface area is 173 Å². The van der Waals surface area contributed by atoms with Gasteiger partial charge in [0.2, 0.25) is 5.91 Å². The number of nitrogen functional groups attached to an aromatic ring is 1. The van der Waals surface area contributed by atoms with Crippen LogP contribution in [0.1, 0.15) is 52.1 Å². The molecule has 1 heterocycles. The number of hydrogen-bond donors (Lipinski definition) is 2. The first-order chi connectivity index (χ1) is 13.7. The van der Waals surface area contributed by atoms with E-state index in [4.69, 9.17) is 15.2 Å². The zero-order chi connectivity index (χ0) is 21.0. The maximum absolute atomic E-state index is 12.1. The van der Waals surface area contributed by atoms with Gasteiger partial charge in [0.25, 0.3) is 0 Å². The highest BCUT2D eigenvalue weighted by molar-refractivity contribution is 5.95. The number of anilines is 1. The second kappa shape index (κ2) is 8.99. The minimum absolute atomic E-state index is 0.0399. The quantitative estimate of drug-likeness (QED) is 0.767.